The number of pyridine rings is 1. The largest absolute Gasteiger partial charge is 0.487 e. The minimum atomic E-state index is -0.255. The Labute approximate surface area is 158 Å². The zero-order chi connectivity index (χ0) is 18.8. The first-order valence-electron chi connectivity index (χ1n) is 9.27. The van der Waals surface area contributed by atoms with Crippen molar-refractivity contribution in [1.82, 2.24) is 14.8 Å². The van der Waals surface area contributed by atoms with E-state index >= 15 is 0 Å². The van der Waals surface area contributed by atoms with Crippen molar-refractivity contribution >= 4 is 11.8 Å². The maximum absolute atomic E-state index is 12.7. The first kappa shape index (κ1) is 17.5. The summed E-state index contributed by atoms with van der Waals surface area (Å²) in [5.41, 5.74) is 2.13. The molecule has 1 aromatic heterocycles. The highest BCUT2D eigenvalue weighted by Crippen LogP contribution is 2.26. The van der Waals surface area contributed by atoms with Crippen molar-refractivity contribution in [2.45, 2.75) is 26.0 Å². The predicted octanol–water partition coefficient (Wildman–Crippen LogP) is 2.03. The Morgan fingerprint density at radius 2 is 2.07 bits per heavy atom. The lowest BCUT2D eigenvalue weighted by atomic mass is 10.0. The van der Waals surface area contributed by atoms with Gasteiger partial charge < -0.3 is 14.5 Å². The highest BCUT2D eigenvalue weighted by Gasteiger charge is 2.41. The number of carbonyl (C=O) groups excluding carboxylic acids is 2. The van der Waals surface area contributed by atoms with Gasteiger partial charge in [0.05, 0.1) is 19.0 Å². The number of likely N-dealkylation sites (tertiary alicyclic amines) is 2. The lowest BCUT2D eigenvalue weighted by Crippen LogP contribution is -2.57. The van der Waals surface area contributed by atoms with Gasteiger partial charge in [-0.25, -0.2) is 0 Å². The zero-order valence-corrected chi connectivity index (χ0v) is 15.4. The summed E-state index contributed by atoms with van der Waals surface area (Å²) in [6.45, 7) is 4.18. The van der Waals surface area contributed by atoms with Crippen LogP contribution in [0.5, 0.6) is 5.75 Å². The van der Waals surface area contributed by atoms with Gasteiger partial charge in [-0.05, 0) is 36.2 Å². The molecule has 0 N–H and O–H groups in total. The molecule has 2 aliphatic rings. The number of carbonyl (C=O) groups is 2. The molecule has 6 nitrogen and oxygen atoms in total. The number of rotatable bonds is 5. The number of aromatic nitrogens is 1. The van der Waals surface area contributed by atoms with Gasteiger partial charge in [-0.1, -0.05) is 18.2 Å². The SMILES string of the molecule is Cc1cccc(OC2CN(C(=O)[C@@H]3CC(=O)N(Cc4cccnc4)C3)C2)c1. The second-order valence-corrected chi connectivity index (χ2v) is 7.34. The maximum Gasteiger partial charge on any atom is 0.228 e. The Kier molecular flexibility index (Phi) is 4.79. The summed E-state index contributed by atoms with van der Waals surface area (Å²) >= 11 is 0. The van der Waals surface area contributed by atoms with Crippen LogP contribution in [0.3, 0.4) is 0 Å². The van der Waals surface area contributed by atoms with Gasteiger partial charge >= 0.3 is 0 Å². The van der Waals surface area contributed by atoms with Crippen LogP contribution in [-0.2, 0) is 16.1 Å². The second kappa shape index (κ2) is 7.39. The Morgan fingerprint density at radius 3 is 2.81 bits per heavy atom. The van der Waals surface area contributed by atoms with Gasteiger partial charge in [-0.2, -0.15) is 0 Å². The van der Waals surface area contributed by atoms with E-state index in [1.165, 1.54) is 0 Å². The third-order valence-corrected chi connectivity index (χ3v) is 5.11. The fraction of sp³-hybridized carbons (Fsp3) is 0.381. The van der Waals surface area contributed by atoms with E-state index in [4.69, 9.17) is 4.74 Å². The molecule has 140 valence electrons. The first-order chi connectivity index (χ1) is 13.1. The number of amides is 2. The smallest absolute Gasteiger partial charge is 0.228 e. The number of hydrogen-bond acceptors (Lipinski definition) is 4. The number of aryl methyl sites for hydroxylation is 1. The van der Waals surface area contributed by atoms with Gasteiger partial charge in [-0.15, -0.1) is 0 Å². The number of benzene rings is 1. The Balaban J connectivity index is 1.28. The van der Waals surface area contributed by atoms with Crippen molar-refractivity contribution in [3.05, 3.63) is 59.9 Å². The van der Waals surface area contributed by atoms with Crippen molar-refractivity contribution in [2.75, 3.05) is 19.6 Å². The van der Waals surface area contributed by atoms with Gasteiger partial charge in [0.2, 0.25) is 11.8 Å². The van der Waals surface area contributed by atoms with E-state index in [9.17, 15) is 9.59 Å². The third kappa shape index (κ3) is 3.94. The average Bonchev–Trinajstić information content (AvgIpc) is 2.99. The second-order valence-electron chi connectivity index (χ2n) is 7.34. The molecule has 6 heteroatoms. The summed E-state index contributed by atoms with van der Waals surface area (Å²) < 4.78 is 5.92. The molecule has 4 rings (SSSR count). The molecule has 0 aliphatic carbocycles. The van der Waals surface area contributed by atoms with Crippen LogP contribution in [0.1, 0.15) is 17.5 Å². The van der Waals surface area contributed by atoms with Crippen LogP contribution in [0.4, 0.5) is 0 Å². The van der Waals surface area contributed by atoms with E-state index < -0.39 is 0 Å². The lowest BCUT2D eigenvalue weighted by molar-refractivity contribution is -0.144. The van der Waals surface area contributed by atoms with E-state index in [2.05, 4.69) is 4.98 Å². The quantitative estimate of drug-likeness (QED) is 0.813. The van der Waals surface area contributed by atoms with Gasteiger partial charge in [0.25, 0.3) is 0 Å². The van der Waals surface area contributed by atoms with Crippen LogP contribution in [0.15, 0.2) is 48.8 Å². The van der Waals surface area contributed by atoms with E-state index in [0.29, 0.717) is 32.6 Å². The van der Waals surface area contributed by atoms with Crippen LogP contribution in [-0.4, -0.2) is 52.3 Å². The molecule has 3 heterocycles. The van der Waals surface area contributed by atoms with E-state index in [-0.39, 0.29) is 23.8 Å². The molecule has 2 saturated heterocycles. The van der Waals surface area contributed by atoms with Crippen molar-refractivity contribution in [2.24, 2.45) is 5.92 Å². The van der Waals surface area contributed by atoms with Crippen LogP contribution >= 0.6 is 0 Å². The molecule has 2 aromatic rings. The van der Waals surface area contributed by atoms with Gasteiger partial charge in [0.15, 0.2) is 0 Å². The minimum Gasteiger partial charge on any atom is -0.487 e. The number of nitrogens with zero attached hydrogens (tertiary/aromatic N) is 3. The molecule has 27 heavy (non-hydrogen) atoms. The minimum absolute atomic E-state index is 0.0272. The Bertz CT molecular complexity index is 834. The van der Waals surface area contributed by atoms with Crippen molar-refractivity contribution in [3.63, 3.8) is 0 Å². The van der Waals surface area contributed by atoms with Crippen molar-refractivity contribution < 1.29 is 14.3 Å². The predicted molar refractivity (Wildman–Crippen MR) is 99.9 cm³/mol. The zero-order valence-electron chi connectivity index (χ0n) is 15.4. The maximum atomic E-state index is 12.7. The molecule has 2 aliphatic heterocycles. The summed E-state index contributed by atoms with van der Waals surface area (Å²) in [6, 6.07) is 11.7. The molecule has 0 spiro atoms. The molecule has 1 atom stereocenters. The van der Waals surface area contributed by atoms with Crippen LogP contribution in [0.25, 0.3) is 0 Å². The molecule has 1 aromatic carbocycles. The summed E-state index contributed by atoms with van der Waals surface area (Å²) in [5, 5.41) is 0. The van der Waals surface area contributed by atoms with Gasteiger partial charge in [0, 0.05) is 31.9 Å². The summed E-state index contributed by atoms with van der Waals surface area (Å²) in [7, 11) is 0. The van der Waals surface area contributed by atoms with Gasteiger partial charge in [-0.3, -0.25) is 14.6 Å². The van der Waals surface area contributed by atoms with Crippen LogP contribution in [0, 0.1) is 12.8 Å². The standard InChI is InChI=1S/C21H23N3O3/c1-15-4-2-6-18(8-15)27-19-13-24(14-19)21(26)17-9-20(25)23(12-17)11-16-5-3-7-22-10-16/h2-8,10,17,19H,9,11-14H2,1H3/t17-/m1/s1. The molecule has 2 fully saturated rings. The van der Waals surface area contributed by atoms with Gasteiger partial charge in [0.1, 0.15) is 11.9 Å². The highest BCUT2D eigenvalue weighted by molar-refractivity contribution is 5.89. The summed E-state index contributed by atoms with van der Waals surface area (Å²) in [6.07, 6.45) is 3.78. The molecule has 0 radical (unpaired) electrons. The summed E-state index contributed by atoms with van der Waals surface area (Å²) in [4.78, 5) is 32.6. The monoisotopic (exact) mass is 365 g/mol. The Morgan fingerprint density at radius 1 is 1.22 bits per heavy atom. The fourth-order valence-electron chi connectivity index (χ4n) is 3.63. The van der Waals surface area contributed by atoms with E-state index in [0.717, 1.165) is 16.9 Å². The molecule has 0 bridgehead atoms. The third-order valence-electron chi connectivity index (χ3n) is 5.11. The molecule has 2 amide bonds. The normalized spacial score (nSPS) is 19.9. The molecule has 0 unspecified atom stereocenters. The molecule has 0 saturated carbocycles. The topological polar surface area (TPSA) is 62.7 Å². The van der Waals surface area contributed by atoms with E-state index in [1.54, 1.807) is 22.2 Å². The average molecular weight is 365 g/mol. The van der Waals surface area contributed by atoms with Crippen LogP contribution < -0.4 is 4.74 Å². The van der Waals surface area contributed by atoms with Crippen LogP contribution in [0.2, 0.25) is 0 Å². The summed E-state index contributed by atoms with van der Waals surface area (Å²) in [5.74, 6) is 0.672. The van der Waals surface area contributed by atoms with Crippen molar-refractivity contribution in [3.8, 4) is 5.75 Å². The fourth-order valence-corrected chi connectivity index (χ4v) is 3.63. The number of ether oxygens (including phenoxy) is 1. The van der Waals surface area contributed by atoms with Crippen molar-refractivity contribution in [1.29, 1.82) is 0 Å². The highest BCUT2D eigenvalue weighted by atomic mass is 16.5. The first-order valence-corrected chi connectivity index (χ1v) is 9.27. The lowest BCUT2D eigenvalue weighted by Gasteiger charge is -2.40. The Hall–Kier alpha value is -2.89. The van der Waals surface area contributed by atoms with E-state index in [1.807, 2.05) is 43.3 Å². The molecular formula is C21H23N3O3. The molecular weight excluding hydrogens is 342 g/mol. The number of hydrogen-bond donors (Lipinski definition) is 0.